The van der Waals surface area contributed by atoms with Crippen molar-refractivity contribution in [3.05, 3.63) is 71.8 Å². The van der Waals surface area contributed by atoms with Gasteiger partial charge in [0, 0.05) is 12.0 Å². The lowest BCUT2D eigenvalue weighted by Crippen LogP contribution is -2.56. The van der Waals surface area contributed by atoms with Gasteiger partial charge in [-0.05, 0) is 18.1 Å². The van der Waals surface area contributed by atoms with Crippen molar-refractivity contribution in [2.45, 2.75) is 32.9 Å². The van der Waals surface area contributed by atoms with Crippen LogP contribution in [0.5, 0.6) is 0 Å². The Bertz CT molecular complexity index is 667. The third-order valence-corrected chi connectivity index (χ3v) is 4.77. The van der Waals surface area contributed by atoms with Gasteiger partial charge in [-0.3, -0.25) is 0 Å². The Morgan fingerprint density at radius 2 is 1.61 bits per heavy atom. The van der Waals surface area contributed by atoms with Crippen molar-refractivity contribution in [3.8, 4) is 0 Å². The molecule has 1 aliphatic rings. The predicted molar refractivity (Wildman–Crippen MR) is 93.1 cm³/mol. The maximum atomic E-state index is 12.7. The average molecular weight is 308 g/mol. The van der Waals surface area contributed by atoms with Gasteiger partial charge in [-0.2, -0.15) is 0 Å². The van der Waals surface area contributed by atoms with Crippen molar-refractivity contribution in [2.75, 3.05) is 6.54 Å². The van der Waals surface area contributed by atoms with Crippen LogP contribution >= 0.6 is 0 Å². The predicted octanol–water partition coefficient (Wildman–Crippen LogP) is 4.54. The third-order valence-electron chi connectivity index (χ3n) is 4.77. The molecule has 3 heteroatoms. The fraction of sp³-hybridized carbons (Fsp3) is 0.350. The molecule has 2 amide bonds. The fourth-order valence-electron chi connectivity index (χ4n) is 3.41. The second-order valence-electron chi connectivity index (χ2n) is 7.00. The SMILES string of the molecule is C[C@H](c1ccccc1)N1CC(C)(C)C(c2ccccc2)NC1=O. The number of nitrogens with one attached hydrogen (secondary N) is 1. The van der Waals surface area contributed by atoms with Gasteiger partial charge in [0.25, 0.3) is 0 Å². The lowest BCUT2D eigenvalue weighted by atomic mass is 9.78. The van der Waals surface area contributed by atoms with Gasteiger partial charge >= 0.3 is 6.03 Å². The van der Waals surface area contributed by atoms with Crippen LogP contribution in [0.25, 0.3) is 0 Å². The van der Waals surface area contributed by atoms with Gasteiger partial charge in [0.1, 0.15) is 0 Å². The zero-order valence-corrected chi connectivity index (χ0v) is 14.0. The molecule has 120 valence electrons. The quantitative estimate of drug-likeness (QED) is 0.887. The Kier molecular flexibility index (Phi) is 4.12. The highest BCUT2D eigenvalue weighted by Crippen LogP contribution is 2.39. The van der Waals surface area contributed by atoms with Gasteiger partial charge < -0.3 is 10.2 Å². The molecule has 1 unspecified atom stereocenters. The van der Waals surface area contributed by atoms with Crippen LogP contribution in [0.1, 0.15) is 44.0 Å². The monoisotopic (exact) mass is 308 g/mol. The molecule has 3 rings (SSSR count). The van der Waals surface area contributed by atoms with Crippen LogP contribution in [0.2, 0.25) is 0 Å². The van der Waals surface area contributed by atoms with E-state index < -0.39 is 0 Å². The van der Waals surface area contributed by atoms with E-state index in [1.165, 1.54) is 0 Å². The molecule has 0 spiro atoms. The fourth-order valence-corrected chi connectivity index (χ4v) is 3.41. The zero-order valence-electron chi connectivity index (χ0n) is 14.0. The number of nitrogens with zero attached hydrogens (tertiary/aromatic N) is 1. The normalized spacial score (nSPS) is 21.6. The van der Waals surface area contributed by atoms with E-state index in [4.69, 9.17) is 0 Å². The number of rotatable bonds is 3. The summed E-state index contributed by atoms with van der Waals surface area (Å²) in [7, 11) is 0. The van der Waals surface area contributed by atoms with E-state index in [2.05, 4.69) is 50.4 Å². The van der Waals surface area contributed by atoms with Gasteiger partial charge in [0.05, 0.1) is 12.1 Å². The molecular weight excluding hydrogens is 284 g/mol. The second-order valence-corrected chi connectivity index (χ2v) is 7.00. The highest BCUT2D eigenvalue weighted by Gasteiger charge is 2.41. The minimum Gasteiger partial charge on any atom is -0.331 e. The second kappa shape index (κ2) is 6.07. The first-order chi connectivity index (χ1) is 11.0. The maximum absolute atomic E-state index is 12.7. The summed E-state index contributed by atoms with van der Waals surface area (Å²) < 4.78 is 0. The Morgan fingerprint density at radius 3 is 2.22 bits per heavy atom. The number of carbonyl (C=O) groups is 1. The number of carbonyl (C=O) groups excluding carboxylic acids is 1. The molecule has 3 nitrogen and oxygen atoms in total. The summed E-state index contributed by atoms with van der Waals surface area (Å²) in [6, 6.07) is 20.5. The first kappa shape index (κ1) is 15.6. The van der Waals surface area contributed by atoms with E-state index in [0.717, 1.165) is 17.7 Å². The first-order valence-corrected chi connectivity index (χ1v) is 8.16. The molecule has 0 radical (unpaired) electrons. The van der Waals surface area contributed by atoms with Crippen molar-refractivity contribution in [1.82, 2.24) is 10.2 Å². The molecule has 0 aliphatic carbocycles. The van der Waals surface area contributed by atoms with Gasteiger partial charge in [-0.15, -0.1) is 0 Å². The minimum atomic E-state index is -0.0433. The van der Waals surface area contributed by atoms with Crippen LogP contribution in [-0.4, -0.2) is 17.5 Å². The summed E-state index contributed by atoms with van der Waals surface area (Å²) >= 11 is 0. The number of benzene rings is 2. The third kappa shape index (κ3) is 3.09. The molecule has 1 N–H and O–H groups in total. The first-order valence-electron chi connectivity index (χ1n) is 8.16. The summed E-state index contributed by atoms with van der Waals surface area (Å²) in [6.07, 6.45) is 0. The Labute approximate surface area is 138 Å². The van der Waals surface area contributed by atoms with Crippen LogP contribution in [0.3, 0.4) is 0 Å². The van der Waals surface area contributed by atoms with Gasteiger partial charge in [0.15, 0.2) is 0 Å². The van der Waals surface area contributed by atoms with E-state index >= 15 is 0 Å². The molecule has 23 heavy (non-hydrogen) atoms. The van der Waals surface area contributed by atoms with Crippen LogP contribution in [0.15, 0.2) is 60.7 Å². The van der Waals surface area contributed by atoms with Crippen molar-refractivity contribution in [2.24, 2.45) is 5.41 Å². The number of hydrogen-bond acceptors (Lipinski definition) is 1. The van der Waals surface area contributed by atoms with E-state index in [1.54, 1.807) is 0 Å². The van der Waals surface area contributed by atoms with Crippen molar-refractivity contribution in [3.63, 3.8) is 0 Å². The molecular formula is C20H24N2O. The van der Waals surface area contributed by atoms with Crippen molar-refractivity contribution in [1.29, 1.82) is 0 Å². The largest absolute Gasteiger partial charge is 0.331 e. The van der Waals surface area contributed by atoms with Gasteiger partial charge in [-0.1, -0.05) is 74.5 Å². The molecule has 0 bridgehead atoms. The van der Waals surface area contributed by atoms with E-state index in [-0.39, 0.29) is 23.5 Å². The molecule has 1 fully saturated rings. The van der Waals surface area contributed by atoms with E-state index in [9.17, 15) is 4.79 Å². The van der Waals surface area contributed by atoms with E-state index in [1.807, 2.05) is 41.3 Å². The molecule has 2 atom stereocenters. The summed E-state index contributed by atoms with van der Waals surface area (Å²) in [4.78, 5) is 14.6. The molecule has 1 heterocycles. The Hall–Kier alpha value is -2.29. The van der Waals surface area contributed by atoms with E-state index in [0.29, 0.717) is 0 Å². The Morgan fingerprint density at radius 1 is 1.04 bits per heavy atom. The molecule has 0 aromatic heterocycles. The summed E-state index contributed by atoms with van der Waals surface area (Å²) in [5.74, 6) is 0. The highest BCUT2D eigenvalue weighted by molar-refractivity contribution is 5.76. The minimum absolute atomic E-state index is 0.00883. The maximum Gasteiger partial charge on any atom is 0.318 e. The number of urea groups is 1. The van der Waals surface area contributed by atoms with Crippen LogP contribution in [-0.2, 0) is 0 Å². The van der Waals surface area contributed by atoms with Gasteiger partial charge in [0.2, 0.25) is 0 Å². The lowest BCUT2D eigenvalue weighted by molar-refractivity contribution is 0.0836. The summed E-state index contributed by atoms with van der Waals surface area (Å²) in [5, 5.41) is 3.21. The molecule has 1 aliphatic heterocycles. The van der Waals surface area contributed by atoms with Gasteiger partial charge in [-0.25, -0.2) is 4.79 Å². The van der Waals surface area contributed by atoms with Crippen LogP contribution in [0, 0.1) is 5.41 Å². The topological polar surface area (TPSA) is 32.3 Å². The number of amides is 2. The molecule has 2 aromatic rings. The van der Waals surface area contributed by atoms with Crippen molar-refractivity contribution >= 4 is 6.03 Å². The average Bonchev–Trinajstić information content (AvgIpc) is 2.57. The highest BCUT2D eigenvalue weighted by atomic mass is 16.2. The summed E-state index contributed by atoms with van der Waals surface area (Å²) in [6.45, 7) is 7.26. The molecule has 2 aromatic carbocycles. The van der Waals surface area contributed by atoms with Crippen molar-refractivity contribution < 1.29 is 4.79 Å². The zero-order chi connectivity index (χ0) is 16.4. The Balaban J connectivity index is 1.84. The summed E-state index contributed by atoms with van der Waals surface area (Å²) in [5.41, 5.74) is 2.28. The van der Waals surface area contributed by atoms with Crippen LogP contribution in [0.4, 0.5) is 4.79 Å². The molecule has 0 saturated carbocycles. The molecule has 1 saturated heterocycles. The standard InChI is InChI=1S/C20H24N2O/c1-15(16-10-6-4-7-11-16)22-14-20(2,3)18(21-19(22)23)17-12-8-5-9-13-17/h4-13,15,18H,14H2,1-3H3,(H,21,23)/t15-,18?/m1/s1. The van der Waals surface area contributed by atoms with Crippen LogP contribution < -0.4 is 5.32 Å². The smallest absolute Gasteiger partial charge is 0.318 e. The lowest BCUT2D eigenvalue weighted by Gasteiger charge is -2.47. The number of hydrogen-bond donors (Lipinski definition) is 1.